The van der Waals surface area contributed by atoms with Crippen molar-refractivity contribution in [2.45, 2.75) is 39.2 Å². The molecule has 0 aromatic heterocycles. The first kappa shape index (κ1) is 17.1. The van der Waals surface area contributed by atoms with Gasteiger partial charge in [-0.15, -0.1) is 0 Å². The average Bonchev–Trinajstić information content (AvgIpc) is 2.53. The largest absolute Gasteiger partial charge is 0.384 e. The lowest BCUT2D eigenvalue weighted by atomic mass is 9.86. The van der Waals surface area contributed by atoms with Crippen LogP contribution in [-0.2, 0) is 16.8 Å². The van der Waals surface area contributed by atoms with Crippen molar-refractivity contribution in [2.24, 2.45) is 0 Å². The molecule has 0 aliphatic rings. The van der Waals surface area contributed by atoms with Crippen molar-refractivity contribution in [1.82, 2.24) is 5.32 Å². The smallest absolute Gasteiger partial charge is 0.222 e. The monoisotopic (exact) mass is 310 g/mol. The van der Waals surface area contributed by atoms with E-state index in [0.717, 1.165) is 11.3 Å². The molecular formula is C20H26N2O. The Labute approximate surface area is 139 Å². The maximum atomic E-state index is 11.9. The summed E-state index contributed by atoms with van der Waals surface area (Å²) in [5, 5.41) is 6.34. The summed E-state index contributed by atoms with van der Waals surface area (Å²) in [5.41, 5.74) is 3.58. The molecule has 0 heterocycles. The van der Waals surface area contributed by atoms with Crippen LogP contribution in [0.25, 0.3) is 0 Å². The number of para-hydroxylation sites is 1. The van der Waals surface area contributed by atoms with Gasteiger partial charge in [0.2, 0.25) is 5.91 Å². The first-order valence-corrected chi connectivity index (χ1v) is 8.11. The summed E-state index contributed by atoms with van der Waals surface area (Å²) in [6.45, 7) is 7.80. The van der Waals surface area contributed by atoms with Gasteiger partial charge in [-0.05, 0) is 22.6 Å². The van der Waals surface area contributed by atoms with Gasteiger partial charge >= 0.3 is 0 Å². The topological polar surface area (TPSA) is 41.1 Å². The highest BCUT2D eigenvalue weighted by atomic mass is 16.1. The highest BCUT2D eigenvalue weighted by molar-refractivity contribution is 5.76. The molecule has 2 aromatic rings. The van der Waals surface area contributed by atoms with Crippen molar-refractivity contribution in [3.05, 3.63) is 65.7 Å². The number of anilines is 1. The molecule has 0 atom stereocenters. The predicted octanol–water partition coefficient (Wildman–Crippen LogP) is 4.10. The Hall–Kier alpha value is -2.29. The highest BCUT2D eigenvalue weighted by Gasteiger charge is 2.17. The third-order valence-electron chi connectivity index (χ3n) is 3.74. The van der Waals surface area contributed by atoms with Crippen LogP contribution in [0.3, 0.4) is 0 Å². The Morgan fingerprint density at radius 1 is 0.957 bits per heavy atom. The van der Waals surface area contributed by atoms with Crippen LogP contribution in [0.2, 0.25) is 0 Å². The van der Waals surface area contributed by atoms with E-state index in [1.165, 1.54) is 5.56 Å². The van der Waals surface area contributed by atoms with Gasteiger partial charge in [0.25, 0.3) is 0 Å². The van der Waals surface area contributed by atoms with Crippen LogP contribution in [0.5, 0.6) is 0 Å². The Morgan fingerprint density at radius 2 is 1.61 bits per heavy atom. The zero-order valence-electron chi connectivity index (χ0n) is 14.2. The first-order chi connectivity index (χ1) is 11.0. The second-order valence-electron chi connectivity index (χ2n) is 6.73. The standard InChI is InChI=1S/C20H26N2O/c1-20(2,3)17-11-7-8-12-18(17)21-14-13-19(23)22-15-16-9-5-4-6-10-16/h4-12,21H,13-15H2,1-3H3,(H,22,23). The Bertz CT molecular complexity index is 630. The predicted molar refractivity (Wildman–Crippen MR) is 96.5 cm³/mol. The van der Waals surface area contributed by atoms with Crippen LogP contribution in [-0.4, -0.2) is 12.5 Å². The second kappa shape index (κ2) is 7.82. The van der Waals surface area contributed by atoms with Gasteiger partial charge in [0.15, 0.2) is 0 Å². The van der Waals surface area contributed by atoms with Crippen LogP contribution in [0.1, 0.15) is 38.3 Å². The fourth-order valence-electron chi connectivity index (χ4n) is 2.49. The molecule has 0 radical (unpaired) electrons. The zero-order valence-corrected chi connectivity index (χ0v) is 14.2. The highest BCUT2D eigenvalue weighted by Crippen LogP contribution is 2.29. The number of hydrogen-bond acceptors (Lipinski definition) is 2. The van der Waals surface area contributed by atoms with Gasteiger partial charge in [0.1, 0.15) is 0 Å². The van der Waals surface area contributed by atoms with Gasteiger partial charge in [-0.3, -0.25) is 4.79 Å². The maximum absolute atomic E-state index is 11.9. The summed E-state index contributed by atoms with van der Waals surface area (Å²) < 4.78 is 0. The number of rotatable bonds is 6. The van der Waals surface area contributed by atoms with E-state index in [2.05, 4.69) is 49.6 Å². The number of nitrogens with one attached hydrogen (secondary N) is 2. The normalized spacial score (nSPS) is 11.1. The molecule has 0 spiro atoms. The molecule has 0 aliphatic carbocycles. The molecule has 2 aromatic carbocycles. The minimum Gasteiger partial charge on any atom is -0.384 e. The van der Waals surface area contributed by atoms with Crippen LogP contribution >= 0.6 is 0 Å². The van der Waals surface area contributed by atoms with Crippen molar-refractivity contribution in [1.29, 1.82) is 0 Å². The van der Waals surface area contributed by atoms with E-state index in [4.69, 9.17) is 0 Å². The van der Waals surface area contributed by atoms with Gasteiger partial charge in [-0.25, -0.2) is 0 Å². The SMILES string of the molecule is CC(C)(C)c1ccccc1NCCC(=O)NCc1ccccc1. The average molecular weight is 310 g/mol. The summed E-state index contributed by atoms with van der Waals surface area (Å²) in [7, 11) is 0. The zero-order chi connectivity index (χ0) is 16.7. The molecule has 0 saturated heterocycles. The lowest BCUT2D eigenvalue weighted by Crippen LogP contribution is -2.25. The van der Waals surface area contributed by atoms with E-state index in [-0.39, 0.29) is 11.3 Å². The molecule has 3 nitrogen and oxygen atoms in total. The lowest BCUT2D eigenvalue weighted by molar-refractivity contribution is -0.121. The third-order valence-corrected chi connectivity index (χ3v) is 3.74. The number of benzene rings is 2. The minimum absolute atomic E-state index is 0.0644. The quantitative estimate of drug-likeness (QED) is 0.843. The van der Waals surface area contributed by atoms with Crippen molar-refractivity contribution < 1.29 is 4.79 Å². The molecule has 0 unspecified atom stereocenters. The molecule has 2 rings (SSSR count). The van der Waals surface area contributed by atoms with E-state index in [1.807, 2.05) is 36.4 Å². The minimum atomic E-state index is 0.0644. The Morgan fingerprint density at radius 3 is 2.30 bits per heavy atom. The van der Waals surface area contributed by atoms with Crippen molar-refractivity contribution >= 4 is 11.6 Å². The van der Waals surface area contributed by atoms with Crippen LogP contribution in [0.15, 0.2) is 54.6 Å². The summed E-state index contributed by atoms with van der Waals surface area (Å²) in [5.74, 6) is 0.0644. The van der Waals surface area contributed by atoms with Crippen LogP contribution in [0, 0.1) is 0 Å². The molecule has 122 valence electrons. The van der Waals surface area contributed by atoms with E-state index < -0.39 is 0 Å². The van der Waals surface area contributed by atoms with E-state index >= 15 is 0 Å². The van der Waals surface area contributed by atoms with Crippen LogP contribution in [0.4, 0.5) is 5.69 Å². The number of carbonyl (C=O) groups is 1. The molecule has 3 heteroatoms. The molecule has 0 aliphatic heterocycles. The van der Waals surface area contributed by atoms with Crippen molar-refractivity contribution in [2.75, 3.05) is 11.9 Å². The molecule has 2 N–H and O–H groups in total. The van der Waals surface area contributed by atoms with Gasteiger partial charge in [0.05, 0.1) is 0 Å². The van der Waals surface area contributed by atoms with Crippen molar-refractivity contribution in [3.63, 3.8) is 0 Å². The van der Waals surface area contributed by atoms with Gasteiger partial charge in [0, 0.05) is 25.2 Å². The van der Waals surface area contributed by atoms with Crippen LogP contribution < -0.4 is 10.6 Å². The van der Waals surface area contributed by atoms with Gasteiger partial charge < -0.3 is 10.6 Å². The number of amides is 1. The summed E-state index contributed by atoms with van der Waals surface area (Å²) in [6.07, 6.45) is 0.464. The lowest BCUT2D eigenvalue weighted by Gasteiger charge is -2.23. The maximum Gasteiger partial charge on any atom is 0.222 e. The molecule has 23 heavy (non-hydrogen) atoms. The van der Waals surface area contributed by atoms with Gasteiger partial charge in [-0.1, -0.05) is 69.3 Å². The number of hydrogen-bond donors (Lipinski definition) is 2. The first-order valence-electron chi connectivity index (χ1n) is 8.11. The Kier molecular flexibility index (Phi) is 5.80. The summed E-state index contributed by atoms with van der Waals surface area (Å²) in [4.78, 5) is 11.9. The molecule has 0 saturated carbocycles. The van der Waals surface area contributed by atoms with Gasteiger partial charge in [-0.2, -0.15) is 0 Å². The van der Waals surface area contributed by atoms with E-state index in [1.54, 1.807) is 0 Å². The molecule has 0 fully saturated rings. The number of carbonyl (C=O) groups excluding carboxylic acids is 1. The summed E-state index contributed by atoms with van der Waals surface area (Å²) >= 11 is 0. The van der Waals surface area contributed by atoms with E-state index in [9.17, 15) is 4.79 Å². The molecule has 0 bridgehead atoms. The molecule has 1 amide bonds. The fourth-order valence-corrected chi connectivity index (χ4v) is 2.49. The third kappa shape index (κ3) is 5.44. The fraction of sp³-hybridized carbons (Fsp3) is 0.350. The summed E-state index contributed by atoms with van der Waals surface area (Å²) in [6, 6.07) is 18.2. The Balaban J connectivity index is 1.80. The molecular weight excluding hydrogens is 284 g/mol. The van der Waals surface area contributed by atoms with E-state index in [0.29, 0.717) is 19.5 Å². The second-order valence-corrected chi connectivity index (χ2v) is 6.73. The van der Waals surface area contributed by atoms with Crippen molar-refractivity contribution in [3.8, 4) is 0 Å².